The molecular formula is C11H17N5. The molecule has 5 heteroatoms. The van der Waals surface area contributed by atoms with E-state index in [-0.39, 0.29) is 0 Å². The fourth-order valence-electron chi connectivity index (χ4n) is 1.70. The second kappa shape index (κ2) is 4.08. The Morgan fingerprint density at radius 2 is 2.06 bits per heavy atom. The minimum atomic E-state index is 0.421. The van der Waals surface area contributed by atoms with Crippen molar-refractivity contribution in [2.75, 3.05) is 0 Å². The van der Waals surface area contributed by atoms with Gasteiger partial charge in [-0.05, 0) is 6.92 Å². The van der Waals surface area contributed by atoms with Crippen LogP contribution in [0.3, 0.4) is 0 Å². The molecule has 0 saturated carbocycles. The lowest BCUT2D eigenvalue weighted by molar-refractivity contribution is 0.629. The van der Waals surface area contributed by atoms with E-state index in [2.05, 4.69) is 33.6 Å². The molecule has 0 N–H and O–H groups in total. The summed E-state index contributed by atoms with van der Waals surface area (Å²) in [6, 6.07) is 0. The van der Waals surface area contributed by atoms with E-state index in [9.17, 15) is 0 Å². The van der Waals surface area contributed by atoms with Crippen LogP contribution in [0.15, 0.2) is 12.4 Å². The van der Waals surface area contributed by atoms with Gasteiger partial charge in [0.25, 0.3) is 0 Å². The Balaban J connectivity index is 2.27. The maximum atomic E-state index is 4.35. The third-order valence-corrected chi connectivity index (χ3v) is 2.76. The predicted molar refractivity (Wildman–Crippen MR) is 61.2 cm³/mol. The Labute approximate surface area is 95.1 Å². The molecule has 0 aliphatic heterocycles. The van der Waals surface area contributed by atoms with E-state index in [4.69, 9.17) is 0 Å². The Hall–Kier alpha value is -1.65. The molecule has 2 aromatic heterocycles. The van der Waals surface area contributed by atoms with Crippen LogP contribution in [-0.4, -0.2) is 24.3 Å². The van der Waals surface area contributed by atoms with Crippen LogP contribution >= 0.6 is 0 Å². The van der Waals surface area contributed by atoms with Crippen LogP contribution in [0.25, 0.3) is 0 Å². The van der Waals surface area contributed by atoms with Gasteiger partial charge >= 0.3 is 0 Å². The van der Waals surface area contributed by atoms with Gasteiger partial charge in [0, 0.05) is 25.4 Å². The maximum Gasteiger partial charge on any atom is 0.152 e. The number of aryl methyl sites for hydroxylation is 1. The number of imidazole rings is 1. The van der Waals surface area contributed by atoms with Crippen molar-refractivity contribution in [2.24, 2.45) is 7.05 Å². The lowest BCUT2D eigenvalue weighted by atomic mass is 10.2. The molecule has 2 aromatic rings. The van der Waals surface area contributed by atoms with Gasteiger partial charge in [0.1, 0.15) is 11.6 Å². The standard InChI is InChI=1S/C11H17N5/c1-8(2)11-12-5-6-16(11)7-10-14-13-9(3)15(10)4/h5-6,8H,7H2,1-4H3. The zero-order valence-corrected chi connectivity index (χ0v) is 10.2. The van der Waals surface area contributed by atoms with Gasteiger partial charge in [-0.2, -0.15) is 0 Å². The van der Waals surface area contributed by atoms with Crippen molar-refractivity contribution >= 4 is 0 Å². The molecule has 0 saturated heterocycles. The molecular weight excluding hydrogens is 202 g/mol. The zero-order chi connectivity index (χ0) is 11.7. The third-order valence-electron chi connectivity index (χ3n) is 2.76. The number of hydrogen-bond acceptors (Lipinski definition) is 3. The summed E-state index contributed by atoms with van der Waals surface area (Å²) < 4.78 is 4.12. The summed E-state index contributed by atoms with van der Waals surface area (Å²) in [5, 5.41) is 8.21. The van der Waals surface area contributed by atoms with Gasteiger partial charge in [-0.15, -0.1) is 10.2 Å². The highest BCUT2D eigenvalue weighted by molar-refractivity contribution is 5.02. The summed E-state index contributed by atoms with van der Waals surface area (Å²) >= 11 is 0. The molecule has 0 aliphatic carbocycles. The molecule has 0 unspecified atom stereocenters. The van der Waals surface area contributed by atoms with Gasteiger partial charge in [0.15, 0.2) is 5.82 Å². The van der Waals surface area contributed by atoms with Crippen molar-refractivity contribution in [2.45, 2.75) is 33.2 Å². The van der Waals surface area contributed by atoms with Crippen LogP contribution in [0, 0.1) is 6.92 Å². The van der Waals surface area contributed by atoms with E-state index in [1.54, 1.807) is 0 Å². The van der Waals surface area contributed by atoms with Gasteiger partial charge in [0.05, 0.1) is 6.54 Å². The summed E-state index contributed by atoms with van der Waals surface area (Å²) in [6.45, 7) is 6.96. The van der Waals surface area contributed by atoms with Crippen molar-refractivity contribution in [3.8, 4) is 0 Å². The fourth-order valence-corrected chi connectivity index (χ4v) is 1.70. The van der Waals surface area contributed by atoms with E-state index in [0.717, 1.165) is 24.0 Å². The first-order valence-corrected chi connectivity index (χ1v) is 5.45. The van der Waals surface area contributed by atoms with Crippen molar-refractivity contribution in [1.82, 2.24) is 24.3 Å². The van der Waals surface area contributed by atoms with E-state index in [0.29, 0.717) is 5.92 Å². The largest absolute Gasteiger partial charge is 0.327 e. The van der Waals surface area contributed by atoms with Crippen LogP contribution < -0.4 is 0 Å². The van der Waals surface area contributed by atoms with E-state index in [1.165, 1.54) is 0 Å². The number of hydrogen-bond donors (Lipinski definition) is 0. The molecule has 16 heavy (non-hydrogen) atoms. The SMILES string of the molecule is Cc1nnc(Cn2ccnc2C(C)C)n1C. The molecule has 5 nitrogen and oxygen atoms in total. The first-order chi connectivity index (χ1) is 7.59. The summed E-state index contributed by atoms with van der Waals surface area (Å²) in [4.78, 5) is 4.35. The second-order valence-electron chi connectivity index (χ2n) is 4.29. The normalized spacial score (nSPS) is 11.3. The summed E-state index contributed by atoms with van der Waals surface area (Å²) in [6.07, 6.45) is 3.82. The monoisotopic (exact) mass is 219 g/mol. The smallest absolute Gasteiger partial charge is 0.152 e. The lowest BCUT2D eigenvalue weighted by Gasteiger charge is -2.09. The van der Waals surface area contributed by atoms with Crippen molar-refractivity contribution in [3.63, 3.8) is 0 Å². The summed E-state index contributed by atoms with van der Waals surface area (Å²) in [5.74, 6) is 3.39. The maximum absolute atomic E-state index is 4.35. The van der Waals surface area contributed by atoms with Gasteiger partial charge in [0.2, 0.25) is 0 Å². The third kappa shape index (κ3) is 1.85. The Morgan fingerprint density at radius 1 is 1.31 bits per heavy atom. The van der Waals surface area contributed by atoms with Gasteiger partial charge in [-0.25, -0.2) is 4.98 Å². The molecule has 0 fully saturated rings. The molecule has 0 radical (unpaired) electrons. The second-order valence-corrected chi connectivity index (χ2v) is 4.29. The predicted octanol–water partition coefficient (Wildman–Crippen LogP) is 1.49. The molecule has 0 spiro atoms. The lowest BCUT2D eigenvalue weighted by Crippen LogP contribution is -2.10. The van der Waals surface area contributed by atoms with E-state index >= 15 is 0 Å². The molecule has 2 rings (SSSR count). The van der Waals surface area contributed by atoms with Crippen LogP contribution in [0.4, 0.5) is 0 Å². The van der Waals surface area contributed by atoms with Gasteiger partial charge < -0.3 is 9.13 Å². The van der Waals surface area contributed by atoms with Crippen molar-refractivity contribution in [1.29, 1.82) is 0 Å². The highest BCUT2D eigenvalue weighted by Gasteiger charge is 2.10. The zero-order valence-electron chi connectivity index (χ0n) is 10.2. The molecule has 0 aromatic carbocycles. The van der Waals surface area contributed by atoms with Gasteiger partial charge in [-0.3, -0.25) is 0 Å². The van der Waals surface area contributed by atoms with E-state index in [1.807, 2.05) is 30.9 Å². The first kappa shape index (κ1) is 10.9. The minimum absolute atomic E-state index is 0.421. The Kier molecular flexibility index (Phi) is 2.77. The van der Waals surface area contributed by atoms with Crippen molar-refractivity contribution in [3.05, 3.63) is 29.9 Å². The Bertz CT molecular complexity index is 480. The summed E-state index contributed by atoms with van der Waals surface area (Å²) in [5.41, 5.74) is 0. The van der Waals surface area contributed by atoms with E-state index < -0.39 is 0 Å². The fraction of sp³-hybridized carbons (Fsp3) is 0.545. The van der Waals surface area contributed by atoms with Crippen LogP contribution in [-0.2, 0) is 13.6 Å². The van der Waals surface area contributed by atoms with Crippen molar-refractivity contribution < 1.29 is 0 Å². The quantitative estimate of drug-likeness (QED) is 0.785. The molecule has 0 aliphatic rings. The van der Waals surface area contributed by atoms with Crippen LogP contribution in [0.5, 0.6) is 0 Å². The Morgan fingerprint density at radius 3 is 2.62 bits per heavy atom. The van der Waals surface area contributed by atoms with Crippen LogP contribution in [0.2, 0.25) is 0 Å². The molecule has 2 heterocycles. The number of rotatable bonds is 3. The topological polar surface area (TPSA) is 48.5 Å². The number of aromatic nitrogens is 5. The first-order valence-electron chi connectivity index (χ1n) is 5.45. The molecule has 0 bridgehead atoms. The highest BCUT2D eigenvalue weighted by atomic mass is 15.3. The van der Waals surface area contributed by atoms with Crippen LogP contribution in [0.1, 0.15) is 37.2 Å². The summed E-state index contributed by atoms with van der Waals surface area (Å²) in [7, 11) is 1.98. The average molecular weight is 219 g/mol. The minimum Gasteiger partial charge on any atom is -0.327 e. The number of nitrogens with zero attached hydrogens (tertiary/aromatic N) is 5. The molecule has 86 valence electrons. The van der Waals surface area contributed by atoms with Gasteiger partial charge in [-0.1, -0.05) is 13.8 Å². The molecule has 0 amide bonds. The molecule has 0 atom stereocenters. The average Bonchev–Trinajstić information content (AvgIpc) is 2.80. The highest BCUT2D eigenvalue weighted by Crippen LogP contribution is 2.13.